The summed E-state index contributed by atoms with van der Waals surface area (Å²) in [6.07, 6.45) is 0. The highest BCUT2D eigenvalue weighted by Crippen LogP contribution is 2.25. The third-order valence-electron chi connectivity index (χ3n) is 1.95. The molecule has 1 heterocycles. The molecule has 5 heteroatoms. The molecule has 2 aromatic rings. The van der Waals surface area contributed by atoms with Crippen LogP contribution in [0.15, 0.2) is 28.6 Å². The van der Waals surface area contributed by atoms with Gasteiger partial charge >= 0.3 is 0 Å². The van der Waals surface area contributed by atoms with Gasteiger partial charge in [-0.25, -0.2) is 0 Å². The Bertz CT molecular complexity index is 511. The fraction of sp³-hybridized carbons (Fsp3) is 0.182. The average Bonchev–Trinajstić information content (AvgIpc) is 2.73. The lowest BCUT2D eigenvalue weighted by Crippen LogP contribution is -1.81. The Balaban J connectivity index is 1.97. The summed E-state index contributed by atoms with van der Waals surface area (Å²) >= 11 is 3.27. The fourth-order valence-electron chi connectivity index (χ4n) is 1.16. The van der Waals surface area contributed by atoms with Crippen molar-refractivity contribution in [2.75, 3.05) is 0 Å². The summed E-state index contributed by atoms with van der Waals surface area (Å²) in [6.45, 7) is 1.95. The zero-order chi connectivity index (χ0) is 11.4. The molecule has 0 aliphatic carbocycles. The number of aromatic nitrogens is 2. The van der Waals surface area contributed by atoms with E-state index < -0.39 is 0 Å². The Morgan fingerprint density at radius 2 is 2.06 bits per heavy atom. The summed E-state index contributed by atoms with van der Waals surface area (Å²) in [5.41, 5.74) is 1.89. The molecule has 3 nitrogen and oxygen atoms in total. The summed E-state index contributed by atoms with van der Waals surface area (Å²) in [4.78, 5) is 0. The Hall–Kier alpha value is -1.38. The van der Waals surface area contributed by atoms with E-state index in [0.717, 1.165) is 15.1 Å². The van der Waals surface area contributed by atoms with Crippen LogP contribution in [0.2, 0.25) is 0 Å². The summed E-state index contributed by atoms with van der Waals surface area (Å²) in [6, 6.07) is 9.72. The van der Waals surface area contributed by atoms with Crippen LogP contribution in [-0.4, -0.2) is 10.2 Å². The van der Waals surface area contributed by atoms with Gasteiger partial charge < -0.3 is 0 Å². The molecule has 0 saturated heterocycles. The highest BCUT2D eigenvalue weighted by Gasteiger charge is 2.01. The van der Waals surface area contributed by atoms with Crippen molar-refractivity contribution in [2.24, 2.45) is 0 Å². The van der Waals surface area contributed by atoms with E-state index in [1.807, 2.05) is 31.2 Å². The van der Waals surface area contributed by atoms with Gasteiger partial charge in [-0.05, 0) is 24.6 Å². The molecule has 0 fully saturated rings. The number of hydrogen-bond acceptors (Lipinski definition) is 5. The van der Waals surface area contributed by atoms with E-state index in [9.17, 15) is 0 Å². The molecule has 80 valence electrons. The van der Waals surface area contributed by atoms with Crippen LogP contribution in [0, 0.1) is 18.3 Å². The Labute approximate surface area is 102 Å². The minimum atomic E-state index is 0.695. The summed E-state index contributed by atoms with van der Waals surface area (Å²) in [5.74, 6) is 0.861. The van der Waals surface area contributed by atoms with Crippen molar-refractivity contribution in [1.82, 2.24) is 10.2 Å². The van der Waals surface area contributed by atoms with E-state index in [1.54, 1.807) is 23.1 Å². The highest BCUT2D eigenvalue weighted by molar-refractivity contribution is 8.00. The first-order valence-corrected chi connectivity index (χ1v) is 6.50. The molecule has 0 bridgehead atoms. The van der Waals surface area contributed by atoms with Crippen LogP contribution in [0.3, 0.4) is 0 Å². The van der Waals surface area contributed by atoms with Crippen LogP contribution < -0.4 is 0 Å². The largest absolute Gasteiger partial charge is 0.192 e. The predicted molar refractivity (Wildman–Crippen MR) is 65.4 cm³/mol. The second-order valence-corrected chi connectivity index (χ2v) is 5.59. The fourth-order valence-corrected chi connectivity index (χ4v) is 2.93. The van der Waals surface area contributed by atoms with E-state index in [0.29, 0.717) is 5.56 Å². The maximum atomic E-state index is 8.67. The maximum Gasteiger partial charge on any atom is 0.174 e. The summed E-state index contributed by atoms with van der Waals surface area (Å²) in [7, 11) is 0. The van der Waals surface area contributed by atoms with Gasteiger partial charge in [0.15, 0.2) is 4.34 Å². The topological polar surface area (TPSA) is 49.6 Å². The Morgan fingerprint density at radius 1 is 1.31 bits per heavy atom. The minimum absolute atomic E-state index is 0.695. The standard InChI is InChI=1S/C11H9N3S2/c1-8-13-14-11(16-8)15-7-10-4-2-9(6-12)3-5-10/h2-5H,7H2,1H3. The van der Waals surface area contributed by atoms with Crippen molar-refractivity contribution in [3.8, 4) is 6.07 Å². The highest BCUT2D eigenvalue weighted by atomic mass is 32.2. The molecule has 0 aliphatic rings. The molecule has 0 aliphatic heterocycles. The van der Waals surface area contributed by atoms with Gasteiger partial charge in [0.1, 0.15) is 5.01 Å². The van der Waals surface area contributed by atoms with Crippen molar-refractivity contribution >= 4 is 23.1 Å². The average molecular weight is 247 g/mol. The van der Waals surface area contributed by atoms with E-state index in [-0.39, 0.29) is 0 Å². The van der Waals surface area contributed by atoms with E-state index in [4.69, 9.17) is 5.26 Å². The predicted octanol–water partition coefficient (Wildman–Crippen LogP) is 3.01. The van der Waals surface area contributed by atoms with Crippen LogP contribution >= 0.6 is 23.1 Å². The van der Waals surface area contributed by atoms with Crippen molar-refractivity contribution < 1.29 is 0 Å². The van der Waals surface area contributed by atoms with Gasteiger partial charge in [0.25, 0.3) is 0 Å². The zero-order valence-electron chi connectivity index (χ0n) is 8.67. The van der Waals surface area contributed by atoms with Crippen molar-refractivity contribution in [3.63, 3.8) is 0 Å². The molecule has 0 amide bonds. The lowest BCUT2D eigenvalue weighted by atomic mass is 10.2. The van der Waals surface area contributed by atoms with E-state index in [2.05, 4.69) is 16.3 Å². The first kappa shape index (κ1) is 11.1. The number of nitrogens with zero attached hydrogens (tertiary/aromatic N) is 3. The summed E-state index contributed by atoms with van der Waals surface area (Å²) in [5, 5.41) is 17.7. The van der Waals surface area contributed by atoms with Gasteiger partial charge in [0.05, 0.1) is 11.6 Å². The van der Waals surface area contributed by atoms with Crippen LogP contribution in [0.5, 0.6) is 0 Å². The molecule has 0 N–H and O–H groups in total. The van der Waals surface area contributed by atoms with Gasteiger partial charge in [-0.3, -0.25) is 0 Å². The van der Waals surface area contributed by atoms with E-state index >= 15 is 0 Å². The second kappa shape index (κ2) is 5.10. The number of nitriles is 1. The number of aryl methyl sites for hydroxylation is 1. The first-order valence-electron chi connectivity index (χ1n) is 4.70. The van der Waals surface area contributed by atoms with Crippen LogP contribution in [0.4, 0.5) is 0 Å². The SMILES string of the molecule is Cc1nnc(SCc2ccc(C#N)cc2)s1. The van der Waals surface area contributed by atoms with Gasteiger partial charge in [-0.15, -0.1) is 10.2 Å². The van der Waals surface area contributed by atoms with Gasteiger partial charge in [-0.1, -0.05) is 35.2 Å². The van der Waals surface area contributed by atoms with Crippen molar-refractivity contribution in [3.05, 3.63) is 40.4 Å². The maximum absolute atomic E-state index is 8.67. The zero-order valence-corrected chi connectivity index (χ0v) is 10.3. The van der Waals surface area contributed by atoms with Gasteiger partial charge in [-0.2, -0.15) is 5.26 Å². The number of rotatable bonds is 3. The first-order chi connectivity index (χ1) is 7.78. The molecule has 0 atom stereocenters. The molecule has 0 unspecified atom stereocenters. The van der Waals surface area contributed by atoms with Gasteiger partial charge in [0.2, 0.25) is 0 Å². The molecule has 0 saturated carbocycles. The van der Waals surface area contributed by atoms with Crippen LogP contribution in [0.25, 0.3) is 0 Å². The van der Waals surface area contributed by atoms with Gasteiger partial charge in [0, 0.05) is 5.75 Å². The molecule has 1 aromatic heterocycles. The Morgan fingerprint density at radius 3 is 2.62 bits per heavy atom. The Kier molecular flexibility index (Phi) is 3.54. The third-order valence-corrected chi connectivity index (χ3v) is 4.00. The van der Waals surface area contributed by atoms with Crippen LogP contribution in [0.1, 0.15) is 16.1 Å². The normalized spacial score (nSPS) is 10.0. The monoisotopic (exact) mass is 247 g/mol. The smallest absolute Gasteiger partial charge is 0.174 e. The molecule has 1 aromatic carbocycles. The molecular formula is C11H9N3S2. The van der Waals surface area contributed by atoms with Crippen LogP contribution in [-0.2, 0) is 5.75 Å². The third kappa shape index (κ3) is 2.81. The number of thioether (sulfide) groups is 1. The quantitative estimate of drug-likeness (QED) is 0.782. The van der Waals surface area contributed by atoms with E-state index in [1.165, 1.54) is 5.56 Å². The number of benzene rings is 1. The number of hydrogen-bond donors (Lipinski definition) is 0. The lowest BCUT2D eigenvalue weighted by Gasteiger charge is -1.98. The second-order valence-electron chi connectivity index (χ2n) is 3.18. The van der Waals surface area contributed by atoms with Crippen molar-refractivity contribution in [2.45, 2.75) is 17.0 Å². The minimum Gasteiger partial charge on any atom is -0.192 e. The molecule has 16 heavy (non-hydrogen) atoms. The lowest BCUT2D eigenvalue weighted by molar-refractivity contribution is 0.983. The molecule has 2 rings (SSSR count). The summed E-state index contributed by atoms with van der Waals surface area (Å²) < 4.78 is 0.988. The molecule has 0 spiro atoms. The molecule has 0 radical (unpaired) electrons. The molecular weight excluding hydrogens is 238 g/mol. The van der Waals surface area contributed by atoms with Crippen molar-refractivity contribution in [1.29, 1.82) is 5.26 Å².